The van der Waals surface area contributed by atoms with Crippen LogP contribution in [0.2, 0.25) is 0 Å². The minimum atomic E-state index is -0.167. The Morgan fingerprint density at radius 1 is 1.21 bits per heavy atom. The van der Waals surface area contributed by atoms with Gasteiger partial charge in [0.05, 0.1) is 5.69 Å². The minimum Gasteiger partial charge on any atom is -0.338 e. The molecule has 0 spiro atoms. The van der Waals surface area contributed by atoms with E-state index in [2.05, 4.69) is 28.3 Å². The van der Waals surface area contributed by atoms with E-state index in [4.69, 9.17) is 0 Å². The summed E-state index contributed by atoms with van der Waals surface area (Å²) in [7, 11) is 0. The number of hydrogen-bond donors (Lipinski definition) is 1. The second-order valence-electron chi connectivity index (χ2n) is 7.76. The number of urea groups is 1. The summed E-state index contributed by atoms with van der Waals surface area (Å²) in [6, 6.07) is 8.91. The quantitative estimate of drug-likeness (QED) is 0.829. The van der Waals surface area contributed by atoms with Crippen LogP contribution in [0, 0.1) is 25.6 Å². The molecular weight excluding hydrogens is 357 g/mol. The molecule has 2 heterocycles. The third-order valence-electron chi connectivity index (χ3n) is 5.20. The molecule has 6 nitrogen and oxygen atoms in total. The molecule has 2 aromatic rings. The zero-order valence-electron chi connectivity index (χ0n) is 17.0. The van der Waals surface area contributed by atoms with Crippen LogP contribution >= 0.6 is 0 Å². The number of rotatable bonds is 6. The molecule has 2 amide bonds. The molecule has 7 heteroatoms. The highest BCUT2D eigenvalue weighted by Gasteiger charge is 2.22. The monoisotopic (exact) mass is 387 g/mol. The first-order valence-corrected chi connectivity index (χ1v) is 9.92. The molecule has 1 aliphatic rings. The van der Waals surface area contributed by atoms with Gasteiger partial charge in [-0.25, -0.2) is 9.18 Å². The molecule has 1 fully saturated rings. The number of carbonyl (C=O) groups is 1. The van der Waals surface area contributed by atoms with Gasteiger partial charge in [0.25, 0.3) is 0 Å². The normalized spacial score (nSPS) is 16.2. The van der Waals surface area contributed by atoms with Crippen LogP contribution in [-0.4, -0.2) is 58.3 Å². The molecule has 28 heavy (non-hydrogen) atoms. The first-order valence-electron chi connectivity index (χ1n) is 9.92. The van der Waals surface area contributed by atoms with Crippen molar-refractivity contribution in [3.63, 3.8) is 0 Å². The van der Waals surface area contributed by atoms with E-state index < -0.39 is 0 Å². The highest BCUT2D eigenvalue weighted by atomic mass is 19.1. The molecular formula is C21H30FN5O. The number of aryl methyl sites for hydroxylation is 2. The van der Waals surface area contributed by atoms with Gasteiger partial charge in [0.15, 0.2) is 0 Å². The summed E-state index contributed by atoms with van der Waals surface area (Å²) in [6.07, 6.45) is 0. The SMILES string of the molecule is Cc1cc(C)n(C[C@@H](C)CNC(=O)N2CCN(Cc3ccccc3F)CC2)n1. The lowest BCUT2D eigenvalue weighted by Crippen LogP contribution is -2.52. The smallest absolute Gasteiger partial charge is 0.317 e. The van der Waals surface area contributed by atoms with E-state index >= 15 is 0 Å². The average molecular weight is 388 g/mol. The lowest BCUT2D eigenvalue weighted by Gasteiger charge is -2.35. The molecule has 0 unspecified atom stereocenters. The lowest BCUT2D eigenvalue weighted by molar-refractivity contribution is 0.133. The van der Waals surface area contributed by atoms with Crippen molar-refractivity contribution in [3.8, 4) is 0 Å². The van der Waals surface area contributed by atoms with Crippen molar-refractivity contribution in [2.75, 3.05) is 32.7 Å². The van der Waals surface area contributed by atoms with Crippen molar-refractivity contribution in [2.24, 2.45) is 5.92 Å². The van der Waals surface area contributed by atoms with Gasteiger partial charge in [0.1, 0.15) is 5.82 Å². The first kappa shape index (κ1) is 20.3. The maximum absolute atomic E-state index is 13.8. The Balaban J connectivity index is 1.40. The van der Waals surface area contributed by atoms with Crippen molar-refractivity contribution >= 4 is 6.03 Å². The molecule has 152 valence electrons. The highest BCUT2D eigenvalue weighted by molar-refractivity contribution is 5.74. The van der Waals surface area contributed by atoms with E-state index in [-0.39, 0.29) is 11.8 Å². The van der Waals surface area contributed by atoms with Gasteiger partial charge in [0.2, 0.25) is 0 Å². The van der Waals surface area contributed by atoms with Crippen molar-refractivity contribution in [1.82, 2.24) is 24.9 Å². The Morgan fingerprint density at radius 3 is 2.57 bits per heavy atom. The lowest BCUT2D eigenvalue weighted by atomic mass is 10.2. The topological polar surface area (TPSA) is 53.4 Å². The molecule has 1 saturated heterocycles. The third-order valence-corrected chi connectivity index (χ3v) is 5.20. The molecule has 1 N–H and O–H groups in total. The van der Waals surface area contributed by atoms with E-state index in [1.807, 2.05) is 35.6 Å². The molecule has 3 rings (SSSR count). The van der Waals surface area contributed by atoms with Gasteiger partial charge < -0.3 is 10.2 Å². The number of hydrogen-bond acceptors (Lipinski definition) is 3. The molecule has 1 atom stereocenters. The Hall–Kier alpha value is -2.41. The fourth-order valence-corrected chi connectivity index (χ4v) is 3.57. The van der Waals surface area contributed by atoms with Crippen molar-refractivity contribution in [2.45, 2.75) is 33.9 Å². The number of amides is 2. The maximum Gasteiger partial charge on any atom is 0.317 e. The van der Waals surface area contributed by atoms with E-state index in [0.717, 1.165) is 31.0 Å². The zero-order valence-corrected chi connectivity index (χ0v) is 17.0. The predicted octanol–water partition coefficient (Wildman–Crippen LogP) is 2.80. The van der Waals surface area contributed by atoms with Crippen LogP contribution in [-0.2, 0) is 13.1 Å². The predicted molar refractivity (Wildman–Crippen MR) is 108 cm³/mol. The van der Waals surface area contributed by atoms with Crippen LogP contribution in [0.1, 0.15) is 23.9 Å². The summed E-state index contributed by atoms with van der Waals surface area (Å²) in [4.78, 5) is 16.5. The van der Waals surface area contributed by atoms with Crippen LogP contribution < -0.4 is 5.32 Å². The standard InChI is InChI=1S/C21H30FN5O/c1-16(14-27-18(3)12-17(2)24-27)13-23-21(28)26-10-8-25(9-11-26)15-19-6-4-5-7-20(19)22/h4-7,12,16H,8-11,13-15H2,1-3H3,(H,23,28)/t16-/m0/s1. The van der Waals surface area contributed by atoms with E-state index in [0.29, 0.717) is 37.7 Å². The van der Waals surface area contributed by atoms with Crippen LogP contribution in [0.3, 0.4) is 0 Å². The van der Waals surface area contributed by atoms with Crippen molar-refractivity contribution < 1.29 is 9.18 Å². The number of nitrogens with zero attached hydrogens (tertiary/aromatic N) is 4. The number of aromatic nitrogens is 2. The van der Waals surface area contributed by atoms with Crippen LogP contribution in [0.25, 0.3) is 0 Å². The van der Waals surface area contributed by atoms with Gasteiger partial charge in [0, 0.05) is 57.1 Å². The Bertz CT molecular complexity index is 798. The Labute approximate surface area is 166 Å². The van der Waals surface area contributed by atoms with Gasteiger partial charge in [-0.15, -0.1) is 0 Å². The molecule has 1 aromatic carbocycles. The number of halogens is 1. The summed E-state index contributed by atoms with van der Waals surface area (Å²) >= 11 is 0. The number of nitrogens with one attached hydrogen (secondary N) is 1. The van der Waals surface area contributed by atoms with E-state index in [1.54, 1.807) is 6.07 Å². The van der Waals surface area contributed by atoms with Gasteiger partial charge in [-0.3, -0.25) is 9.58 Å². The summed E-state index contributed by atoms with van der Waals surface area (Å²) < 4.78 is 15.8. The fraction of sp³-hybridized carbons (Fsp3) is 0.524. The van der Waals surface area contributed by atoms with Crippen LogP contribution in [0.15, 0.2) is 30.3 Å². The summed E-state index contributed by atoms with van der Waals surface area (Å²) in [5.74, 6) is 0.128. The fourth-order valence-electron chi connectivity index (χ4n) is 3.57. The summed E-state index contributed by atoms with van der Waals surface area (Å²) in [5.41, 5.74) is 2.86. The highest BCUT2D eigenvalue weighted by Crippen LogP contribution is 2.12. The van der Waals surface area contributed by atoms with Gasteiger partial charge in [-0.1, -0.05) is 25.1 Å². The second-order valence-corrected chi connectivity index (χ2v) is 7.76. The molecule has 0 saturated carbocycles. The van der Waals surface area contributed by atoms with Crippen molar-refractivity contribution in [3.05, 3.63) is 53.1 Å². The molecule has 0 aliphatic carbocycles. The average Bonchev–Trinajstić information content (AvgIpc) is 2.99. The molecule has 0 bridgehead atoms. The number of piperazine rings is 1. The Kier molecular flexibility index (Phi) is 6.67. The van der Waals surface area contributed by atoms with Gasteiger partial charge in [-0.2, -0.15) is 5.10 Å². The number of benzene rings is 1. The first-order chi connectivity index (χ1) is 13.4. The molecule has 1 aliphatic heterocycles. The van der Waals surface area contributed by atoms with Crippen LogP contribution in [0.4, 0.5) is 9.18 Å². The maximum atomic E-state index is 13.8. The third kappa shape index (κ3) is 5.32. The van der Waals surface area contributed by atoms with Gasteiger partial charge in [-0.05, 0) is 31.9 Å². The summed E-state index contributed by atoms with van der Waals surface area (Å²) in [5, 5.41) is 7.52. The minimum absolute atomic E-state index is 0.0224. The van der Waals surface area contributed by atoms with E-state index in [1.165, 1.54) is 6.07 Å². The molecule has 0 radical (unpaired) electrons. The Morgan fingerprint density at radius 2 is 1.93 bits per heavy atom. The largest absolute Gasteiger partial charge is 0.338 e. The number of carbonyl (C=O) groups excluding carboxylic acids is 1. The zero-order chi connectivity index (χ0) is 20.1. The van der Waals surface area contributed by atoms with Crippen molar-refractivity contribution in [1.29, 1.82) is 0 Å². The van der Waals surface area contributed by atoms with Gasteiger partial charge >= 0.3 is 6.03 Å². The van der Waals surface area contributed by atoms with E-state index in [9.17, 15) is 9.18 Å². The van der Waals surface area contributed by atoms with Crippen LogP contribution in [0.5, 0.6) is 0 Å². The summed E-state index contributed by atoms with van der Waals surface area (Å²) in [6.45, 7) is 11.0. The second kappa shape index (κ2) is 9.19. The molecule has 1 aromatic heterocycles.